The lowest BCUT2D eigenvalue weighted by Gasteiger charge is -2.18. The van der Waals surface area contributed by atoms with E-state index in [4.69, 9.17) is 10.5 Å². The summed E-state index contributed by atoms with van der Waals surface area (Å²) in [5, 5.41) is 2.98. The van der Waals surface area contributed by atoms with Crippen LogP contribution < -0.4 is 15.8 Å². The number of halogens is 1. The maximum absolute atomic E-state index is 11.8. The van der Waals surface area contributed by atoms with Crippen LogP contribution >= 0.6 is 12.4 Å². The second kappa shape index (κ2) is 11.4. The Morgan fingerprint density at radius 1 is 1.29 bits per heavy atom. The fourth-order valence-electron chi connectivity index (χ4n) is 2.02. The average Bonchev–Trinajstić information content (AvgIpc) is 2.43. The molecule has 1 aromatic rings. The summed E-state index contributed by atoms with van der Waals surface area (Å²) in [4.78, 5) is 11.8. The maximum atomic E-state index is 11.8. The zero-order chi connectivity index (χ0) is 14.8. The first-order valence-corrected chi connectivity index (χ1v) is 7.29. The fraction of sp³-hybridized carbons (Fsp3) is 0.562. The van der Waals surface area contributed by atoms with Gasteiger partial charge in [-0.25, -0.2) is 0 Å². The predicted molar refractivity (Wildman–Crippen MR) is 88.9 cm³/mol. The van der Waals surface area contributed by atoms with Gasteiger partial charge in [0.25, 0.3) is 0 Å². The number of carbonyl (C=O) groups excluding carboxylic acids is 1. The van der Waals surface area contributed by atoms with Gasteiger partial charge in [0.05, 0.1) is 6.61 Å². The maximum Gasteiger partial charge on any atom is 0.220 e. The van der Waals surface area contributed by atoms with Gasteiger partial charge in [-0.15, -0.1) is 12.4 Å². The summed E-state index contributed by atoms with van der Waals surface area (Å²) in [6, 6.07) is 9.71. The number of nitrogens with one attached hydrogen (secondary N) is 1. The summed E-state index contributed by atoms with van der Waals surface area (Å²) in [5.74, 6) is 1.43. The van der Waals surface area contributed by atoms with Gasteiger partial charge in [0, 0.05) is 19.0 Å². The second-order valence-electron chi connectivity index (χ2n) is 5.39. The summed E-state index contributed by atoms with van der Waals surface area (Å²) < 4.78 is 5.55. The molecule has 1 rings (SSSR count). The van der Waals surface area contributed by atoms with Crippen molar-refractivity contribution in [1.29, 1.82) is 0 Å². The Hall–Kier alpha value is -1.26. The monoisotopic (exact) mass is 314 g/mol. The molecule has 1 atom stereocenters. The molecule has 0 fully saturated rings. The summed E-state index contributed by atoms with van der Waals surface area (Å²) in [5.41, 5.74) is 5.66. The average molecular weight is 315 g/mol. The lowest BCUT2D eigenvalue weighted by atomic mass is 10.0. The summed E-state index contributed by atoms with van der Waals surface area (Å²) in [6.07, 6.45) is 2.10. The van der Waals surface area contributed by atoms with E-state index in [0.29, 0.717) is 31.9 Å². The molecule has 1 unspecified atom stereocenters. The van der Waals surface area contributed by atoms with Crippen molar-refractivity contribution in [2.75, 3.05) is 13.2 Å². The standard InChI is InChI=1S/C16H26N2O2.ClH/c1-13(2)11-14(12-17)18-16(19)9-6-10-20-15-7-4-3-5-8-15;/h3-5,7-8,13-14H,6,9-12,17H2,1-2H3,(H,18,19);1H. The Morgan fingerprint density at radius 3 is 2.52 bits per heavy atom. The number of amides is 1. The highest BCUT2D eigenvalue weighted by molar-refractivity contribution is 5.85. The third-order valence-corrected chi connectivity index (χ3v) is 2.97. The minimum absolute atomic E-state index is 0. The Labute approximate surface area is 133 Å². The van der Waals surface area contributed by atoms with E-state index in [0.717, 1.165) is 12.2 Å². The number of para-hydroxylation sites is 1. The van der Waals surface area contributed by atoms with Gasteiger partial charge in [0.1, 0.15) is 5.75 Å². The molecule has 0 aliphatic heterocycles. The van der Waals surface area contributed by atoms with Crippen LogP contribution in [0.5, 0.6) is 5.75 Å². The molecule has 3 N–H and O–H groups in total. The lowest BCUT2D eigenvalue weighted by molar-refractivity contribution is -0.122. The van der Waals surface area contributed by atoms with E-state index >= 15 is 0 Å². The number of hydrogen-bond donors (Lipinski definition) is 2. The Bertz CT molecular complexity index is 385. The molecule has 4 nitrogen and oxygen atoms in total. The van der Waals surface area contributed by atoms with Crippen LogP contribution in [0.3, 0.4) is 0 Å². The van der Waals surface area contributed by atoms with Crippen molar-refractivity contribution < 1.29 is 9.53 Å². The van der Waals surface area contributed by atoms with Crippen LogP contribution in [0.25, 0.3) is 0 Å². The van der Waals surface area contributed by atoms with Gasteiger partial charge in [-0.1, -0.05) is 32.0 Å². The topological polar surface area (TPSA) is 64.3 Å². The van der Waals surface area contributed by atoms with E-state index in [1.807, 2.05) is 30.3 Å². The Morgan fingerprint density at radius 2 is 1.95 bits per heavy atom. The number of rotatable bonds is 9. The quantitative estimate of drug-likeness (QED) is 0.689. The minimum Gasteiger partial charge on any atom is -0.494 e. The van der Waals surface area contributed by atoms with E-state index in [9.17, 15) is 4.79 Å². The van der Waals surface area contributed by atoms with Crippen molar-refractivity contribution in [2.45, 2.75) is 39.2 Å². The highest BCUT2D eigenvalue weighted by Crippen LogP contribution is 2.09. The number of carbonyl (C=O) groups is 1. The zero-order valence-corrected chi connectivity index (χ0v) is 13.7. The predicted octanol–water partition coefficient (Wildman–Crippen LogP) is 2.76. The highest BCUT2D eigenvalue weighted by atomic mass is 35.5. The van der Waals surface area contributed by atoms with E-state index in [1.54, 1.807) is 0 Å². The van der Waals surface area contributed by atoms with Gasteiger partial charge in [-0.05, 0) is 30.9 Å². The number of benzene rings is 1. The molecule has 0 aliphatic carbocycles. The van der Waals surface area contributed by atoms with Crippen molar-refractivity contribution in [3.63, 3.8) is 0 Å². The van der Waals surface area contributed by atoms with Gasteiger partial charge < -0.3 is 15.8 Å². The summed E-state index contributed by atoms with van der Waals surface area (Å²) >= 11 is 0. The van der Waals surface area contributed by atoms with Crippen LogP contribution in [-0.4, -0.2) is 25.1 Å². The lowest BCUT2D eigenvalue weighted by Crippen LogP contribution is -2.41. The molecule has 0 radical (unpaired) electrons. The van der Waals surface area contributed by atoms with Gasteiger partial charge in [-0.2, -0.15) is 0 Å². The number of hydrogen-bond acceptors (Lipinski definition) is 3. The van der Waals surface area contributed by atoms with Crippen LogP contribution in [-0.2, 0) is 4.79 Å². The molecule has 0 saturated carbocycles. The first-order valence-electron chi connectivity index (χ1n) is 7.29. The third-order valence-electron chi connectivity index (χ3n) is 2.97. The van der Waals surface area contributed by atoms with Crippen molar-refractivity contribution >= 4 is 18.3 Å². The molecule has 0 spiro atoms. The molecule has 0 heterocycles. The Balaban J connectivity index is 0.00000400. The number of nitrogens with two attached hydrogens (primary N) is 1. The molecular weight excluding hydrogens is 288 g/mol. The van der Waals surface area contributed by atoms with Gasteiger partial charge in [0.2, 0.25) is 5.91 Å². The molecular formula is C16H27ClN2O2. The number of ether oxygens (including phenoxy) is 1. The molecule has 1 aromatic carbocycles. The van der Waals surface area contributed by atoms with Crippen LogP contribution in [0.4, 0.5) is 0 Å². The summed E-state index contributed by atoms with van der Waals surface area (Å²) in [7, 11) is 0. The first kappa shape index (κ1) is 19.7. The van der Waals surface area contributed by atoms with Crippen LogP contribution in [0, 0.1) is 5.92 Å². The van der Waals surface area contributed by atoms with Crippen molar-refractivity contribution in [1.82, 2.24) is 5.32 Å². The van der Waals surface area contributed by atoms with Crippen molar-refractivity contribution in [2.24, 2.45) is 11.7 Å². The summed E-state index contributed by atoms with van der Waals surface area (Å²) in [6.45, 7) is 5.30. The first-order chi connectivity index (χ1) is 9.61. The highest BCUT2D eigenvalue weighted by Gasteiger charge is 2.11. The van der Waals surface area contributed by atoms with Crippen LogP contribution in [0.1, 0.15) is 33.1 Å². The van der Waals surface area contributed by atoms with E-state index in [-0.39, 0.29) is 24.4 Å². The molecule has 21 heavy (non-hydrogen) atoms. The second-order valence-corrected chi connectivity index (χ2v) is 5.39. The van der Waals surface area contributed by atoms with Crippen LogP contribution in [0.15, 0.2) is 30.3 Å². The minimum atomic E-state index is 0. The van der Waals surface area contributed by atoms with Crippen molar-refractivity contribution in [3.05, 3.63) is 30.3 Å². The zero-order valence-electron chi connectivity index (χ0n) is 12.9. The smallest absolute Gasteiger partial charge is 0.220 e. The third kappa shape index (κ3) is 9.32. The normalized spacial score (nSPS) is 11.6. The Kier molecular flexibility index (Phi) is 10.7. The van der Waals surface area contributed by atoms with Gasteiger partial charge >= 0.3 is 0 Å². The molecule has 5 heteroatoms. The molecule has 0 saturated heterocycles. The van der Waals surface area contributed by atoms with E-state index in [1.165, 1.54) is 0 Å². The van der Waals surface area contributed by atoms with Crippen molar-refractivity contribution in [3.8, 4) is 5.75 Å². The van der Waals surface area contributed by atoms with Crippen LogP contribution in [0.2, 0.25) is 0 Å². The molecule has 0 aromatic heterocycles. The molecule has 1 amide bonds. The van der Waals surface area contributed by atoms with E-state index in [2.05, 4.69) is 19.2 Å². The molecule has 120 valence electrons. The fourth-order valence-corrected chi connectivity index (χ4v) is 2.02. The molecule has 0 bridgehead atoms. The van der Waals surface area contributed by atoms with Gasteiger partial charge in [-0.3, -0.25) is 4.79 Å². The van der Waals surface area contributed by atoms with Gasteiger partial charge in [0.15, 0.2) is 0 Å². The van der Waals surface area contributed by atoms with E-state index < -0.39 is 0 Å². The SMILES string of the molecule is CC(C)CC(CN)NC(=O)CCCOc1ccccc1.Cl. The largest absolute Gasteiger partial charge is 0.494 e. The molecule has 0 aliphatic rings.